The van der Waals surface area contributed by atoms with Gasteiger partial charge >= 0.3 is 0 Å². The van der Waals surface area contributed by atoms with Gasteiger partial charge in [0.1, 0.15) is 16.4 Å². The largest absolute Gasteiger partial charge is 0.464 e. The highest BCUT2D eigenvalue weighted by Crippen LogP contribution is 2.28. The fourth-order valence-electron chi connectivity index (χ4n) is 3.51. The molecule has 34 heavy (non-hydrogen) atoms. The summed E-state index contributed by atoms with van der Waals surface area (Å²) >= 11 is 12.3. The van der Waals surface area contributed by atoms with Gasteiger partial charge in [-0.25, -0.2) is 8.42 Å². The Hall–Kier alpha value is -2.32. The Bertz CT molecular complexity index is 1230. The van der Waals surface area contributed by atoms with E-state index in [1.54, 1.807) is 4.90 Å². The van der Waals surface area contributed by atoms with E-state index in [9.17, 15) is 13.2 Å². The maximum Gasteiger partial charge on any atom is 0.245 e. The number of nitrogens with zero attached hydrogens (tertiary/aromatic N) is 2. The topological polar surface area (TPSA) is 70.8 Å². The van der Waals surface area contributed by atoms with Crippen molar-refractivity contribution in [1.82, 2.24) is 9.21 Å². The molecular formula is C25H28Cl2N2O4S. The number of amides is 1. The molecule has 0 N–H and O–H groups in total. The van der Waals surface area contributed by atoms with Crippen LogP contribution in [-0.4, -0.2) is 36.6 Å². The van der Waals surface area contributed by atoms with Crippen LogP contribution in [0.5, 0.6) is 0 Å². The van der Waals surface area contributed by atoms with Crippen LogP contribution >= 0.6 is 23.2 Å². The highest BCUT2D eigenvalue weighted by Gasteiger charge is 2.31. The zero-order valence-corrected chi connectivity index (χ0v) is 21.7. The molecule has 0 fully saturated rings. The molecule has 2 aromatic carbocycles. The van der Waals surface area contributed by atoms with Gasteiger partial charge in [-0.1, -0.05) is 67.4 Å². The number of furan rings is 1. The molecule has 0 aliphatic rings. The van der Waals surface area contributed by atoms with Gasteiger partial charge in [0.2, 0.25) is 15.9 Å². The molecule has 6 nitrogen and oxygen atoms in total. The van der Waals surface area contributed by atoms with Gasteiger partial charge in [0.15, 0.2) is 0 Å². The number of halogens is 2. The quantitative estimate of drug-likeness (QED) is 0.338. The smallest absolute Gasteiger partial charge is 0.245 e. The van der Waals surface area contributed by atoms with Crippen molar-refractivity contribution in [3.63, 3.8) is 0 Å². The molecule has 3 rings (SSSR count). The lowest BCUT2D eigenvalue weighted by molar-refractivity contribution is -0.133. The number of hydrogen-bond donors (Lipinski definition) is 0. The normalized spacial score (nSPS) is 11.9. The van der Waals surface area contributed by atoms with Gasteiger partial charge in [0.05, 0.1) is 18.1 Å². The first kappa shape index (κ1) is 26.3. The van der Waals surface area contributed by atoms with Crippen LogP contribution in [0.4, 0.5) is 0 Å². The average molecular weight is 523 g/mol. The van der Waals surface area contributed by atoms with E-state index in [2.05, 4.69) is 0 Å². The molecular weight excluding hydrogens is 495 g/mol. The second-order valence-electron chi connectivity index (χ2n) is 8.51. The maximum absolute atomic E-state index is 13.5. The summed E-state index contributed by atoms with van der Waals surface area (Å²) in [5.74, 6) is 0.996. The van der Waals surface area contributed by atoms with Crippen LogP contribution in [0.15, 0.2) is 70.0 Å². The van der Waals surface area contributed by atoms with Gasteiger partial charge in [-0.2, -0.15) is 4.31 Å². The van der Waals surface area contributed by atoms with Crippen molar-refractivity contribution >= 4 is 39.1 Å². The molecule has 1 aromatic heterocycles. The third kappa shape index (κ3) is 6.85. The van der Waals surface area contributed by atoms with E-state index in [1.807, 2.05) is 63.2 Å². The zero-order valence-electron chi connectivity index (χ0n) is 19.4. The molecule has 0 aliphatic heterocycles. The van der Waals surface area contributed by atoms with Crippen LogP contribution in [0.3, 0.4) is 0 Å². The van der Waals surface area contributed by atoms with E-state index in [-0.39, 0.29) is 46.4 Å². The number of aryl methyl sites for hydroxylation is 1. The Balaban J connectivity index is 1.91. The monoisotopic (exact) mass is 522 g/mol. The lowest BCUT2D eigenvalue weighted by Crippen LogP contribution is -2.43. The van der Waals surface area contributed by atoms with Crippen molar-refractivity contribution in [2.75, 3.05) is 13.1 Å². The number of carbonyl (C=O) groups excluding carboxylic acids is 1. The molecule has 0 unspecified atom stereocenters. The van der Waals surface area contributed by atoms with Gasteiger partial charge in [-0.15, -0.1) is 0 Å². The predicted octanol–water partition coefficient (Wildman–Crippen LogP) is 5.77. The fraction of sp³-hybridized carbons (Fsp3) is 0.320. The molecule has 0 bridgehead atoms. The van der Waals surface area contributed by atoms with Crippen molar-refractivity contribution in [2.45, 2.75) is 38.8 Å². The van der Waals surface area contributed by atoms with E-state index >= 15 is 0 Å². The molecule has 182 valence electrons. The van der Waals surface area contributed by atoms with Crippen molar-refractivity contribution in [1.29, 1.82) is 0 Å². The number of benzene rings is 2. The molecule has 0 saturated carbocycles. The van der Waals surface area contributed by atoms with Gasteiger partial charge in [0.25, 0.3) is 0 Å². The minimum atomic E-state index is -4.07. The summed E-state index contributed by atoms with van der Waals surface area (Å²) in [6.07, 6.45) is 0. The van der Waals surface area contributed by atoms with E-state index in [0.29, 0.717) is 12.3 Å². The molecule has 0 saturated heterocycles. The Kier molecular flexibility index (Phi) is 8.82. The van der Waals surface area contributed by atoms with Crippen molar-refractivity contribution in [2.24, 2.45) is 5.92 Å². The molecule has 0 aliphatic carbocycles. The van der Waals surface area contributed by atoms with Crippen molar-refractivity contribution in [3.05, 3.63) is 87.8 Å². The molecule has 0 atom stereocenters. The lowest BCUT2D eigenvalue weighted by atomic mass is 10.2. The second-order valence-corrected chi connectivity index (χ2v) is 11.3. The van der Waals surface area contributed by atoms with Crippen LogP contribution in [0.1, 0.15) is 30.9 Å². The molecule has 1 heterocycles. The third-order valence-corrected chi connectivity index (χ3v) is 7.63. The van der Waals surface area contributed by atoms with E-state index < -0.39 is 10.0 Å². The third-order valence-electron chi connectivity index (χ3n) is 5.10. The SMILES string of the molecule is Cc1ccc(CN(Cc2ccccc2)C(=O)CN(CC(C)C)S(=O)(=O)c2cc(Cl)ccc2Cl)o1. The fourth-order valence-corrected chi connectivity index (χ4v) is 5.80. The van der Waals surface area contributed by atoms with Gasteiger partial charge < -0.3 is 9.32 Å². The molecule has 3 aromatic rings. The van der Waals surface area contributed by atoms with Crippen LogP contribution in [0.2, 0.25) is 10.0 Å². The van der Waals surface area contributed by atoms with Crippen LogP contribution in [0.25, 0.3) is 0 Å². The average Bonchev–Trinajstić information content (AvgIpc) is 3.19. The molecule has 0 radical (unpaired) electrons. The van der Waals surface area contributed by atoms with Gasteiger partial charge in [-0.05, 0) is 48.7 Å². The summed E-state index contributed by atoms with van der Waals surface area (Å²) in [5, 5.41) is 0.301. The highest BCUT2D eigenvalue weighted by atomic mass is 35.5. The minimum Gasteiger partial charge on any atom is -0.464 e. The van der Waals surface area contributed by atoms with Crippen LogP contribution in [-0.2, 0) is 27.9 Å². The van der Waals surface area contributed by atoms with E-state index in [1.165, 1.54) is 22.5 Å². The first-order valence-electron chi connectivity index (χ1n) is 10.9. The maximum atomic E-state index is 13.5. The summed E-state index contributed by atoms with van der Waals surface area (Å²) in [6.45, 7) is 5.95. The highest BCUT2D eigenvalue weighted by molar-refractivity contribution is 7.89. The number of carbonyl (C=O) groups is 1. The summed E-state index contributed by atoms with van der Waals surface area (Å²) in [6, 6.07) is 17.4. The van der Waals surface area contributed by atoms with Crippen LogP contribution < -0.4 is 0 Å². The Morgan fingerprint density at radius 1 is 1.00 bits per heavy atom. The first-order valence-corrected chi connectivity index (χ1v) is 13.1. The predicted molar refractivity (Wildman–Crippen MR) is 134 cm³/mol. The first-order chi connectivity index (χ1) is 16.1. The molecule has 0 spiro atoms. The minimum absolute atomic E-state index is 0.0177. The summed E-state index contributed by atoms with van der Waals surface area (Å²) in [7, 11) is -4.07. The standard InChI is InChI=1S/C25H28Cl2N2O4S/c1-18(2)14-29(34(31,32)24-13-21(26)10-12-23(24)27)17-25(30)28(15-20-7-5-4-6-8-20)16-22-11-9-19(3)33-22/h4-13,18H,14-17H2,1-3H3. The zero-order chi connectivity index (χ0) is 24.9. The Morgan fingerprint density at radius 3 is 2.32 bits per heavy atom. The van der Waals surface area contributed by atoms with Gasteiger partial charge in [0, 0.05) is 18.1 Å². The van der Waals surface area contributed by atoms with Crippen molar-refractivity contribution < 1.29 is 17.6 Å². The summed E-state index contributed by atoms with van der Waals surface area (Å²) in [5.41, 5.74) is 0.926. The Morgan fingerprint density at radius 2 is 1.71 bits per heavy atom. The van der Waals surface area contributed by atoms with E-state index in [4.69, 9.17) is 27.6 Å². The van der Waals surface area contributed by atoms with E-state index in [0.717, 1.165) is 11.3 Å². The van der Waals surface area contributed by atoms with Gasteiger partial charge in [-0.3, -0.25) is 4.79 Å². The molecule has 9 heteroatoms. The molecule has 1 amide bonds. The lowest BCUT2D eigenvalue weighted by Gasteiger charge is -2.28. The second kappa shape index (κ2) is 11.4. The Labute approximate surface area is 211 Å². The van der Waals surface area contributed by atoms with Crippen molar-refractivity contribution in [3.8, 4) is 0 Å². The summed E-state index contributed by atoms with van der Waals surface area (Å²) < 4.78 is 33.9. The van der Waals surface area contributed by atoms with Crippen LogP contribution in [0, 0.1) is 12.8 Å². The number of sulfonamides is 1. The number of hydrogen-bond acceptors (Lipinski definition) is 4. The summed E-state index contributed by atoms with van der Waals surface area (Å²) in [4.78, 5) is 15.0. The number of rotatable bonds is 10.